The van der Waals surface area contributed by atoms with E-state index in [0.717, 1.165) is 14.9 Å². The van der Waals surface area contributed by atoms with Crippen molar-refractivity contribution in [1.82, 2.24) is 4.86 Å². The van der Waals surface area contributed by atoms with Crippen LogP contribution in [0.2, 0.25) is 0 Å². The second-order valence-corrected chi connectivity index (χ2v) is 7.32. The molecular weight excluding hydrogens is 195 g/mol. The van der Waals surface area contributed by atoms with Gasteiger partial charge in [0.15, 0.2) is 0 Å². The molecule has 9 heavy (non-hydrogen) atoms. The van der Waals surface area contributed by atoms with Crippen molar-refractivity contribution in [2.75, 3.05) is 6.16 Å². The minimum Gasteiger partial charge on any atom is -0.276 e. The Morgan fingerprint density at radius 3 is 2.44 bits per heavy atom. The molecule has 2 unspecified atom stereocenters. The summed E-state index contributed by atoms with van der Waals surface area (Å²) in [5.74, 6) is 0. The molecule has 0 aliphatic carbocycles. The summed E-state index contributed by atoms with van der Waals surface area (Å²) < 4.78 is -0.581. The highest BCUT2D eigenvalue weighted by molar-refractivity contribution is 7.55. The average Bonchev–Trinajstić information content (AvgIpc) is 1.63. The second kappa shape index (κ2) is 5.10. The fourth-order valence-electron chi connectivity index (χ4n) is 0.242. The number of halogens is 2. The standard InChI is InChI=1S/C4H11Cl2NP2/c1-3-8-7-9-4(2,5)6/h7-9H,3H2,1-2H3. The zero-order chi connectivity index (χ0) is 7.33. The monoisotopic (exact) mass is 205 g/mol. The van der Waals surface area contributed by atoms with Crippen LogP contribution in [0.3, 0.4) is 0 Å². The fraction of sp³-hybridized carbons (Fsp3) is 1.00. The Bertz CT molecular complexity index is 73.5. The molecule has 0 aromatic rings. The molecule has 0 radical (unpaired) electrons. The van der Waals surface area contributed by atoms with Crippen molar-refractivity contribution in [3.05, 3.63) is 0 Å². The molecule has 0 aromatic carbocycles. The molecule has 0 spiro atoms. The van der Waals surface area contributed by atoms with Crippen LogP contribution in [0.1, 0.15) is 13.8 Å². The van der Waals surface area contributed by atoms with Crippen molar-refractivity contribution >= 4 is 40.7 Å². The van der Waals surface area contributed by atoms with Crippen molar-refractivity contribution in [2.45, 2.75) is 17.9 Å². The minimum absolute atomic E-state index is 0.442. The molecule has 1 nitrogen and oxygen atoms in total. The lowest BCUT2D eigenvalue weighted by molar-refractivity contribution is 1.26. The van der Waals surface area contributed by atoms with Crippen LogP contribution in [-0.2, 0) is 0 Å². The van der Waals surface area contributed by atoms with Crippen LogP contribution in [0.5, 0.6) is 0 Å². The fourth-order valence-corrected chi connectivity index (χ4v) is 3.03. The van der Waals surface area contributed by atoms with E-state index in [0.29, 0.717) is 8.73 Å². The van der Waals surface area contributed by atoms with Crippen LogP contribution in [0.15, 0.2) is 0 Å². The van der Waals surface area contributed by atoms with Gasteiger partial charge in [-0.25, -0.2) is 0 Å². The predicted octanol–water partition coefficient (Wildman–Crippen LogP) is 2.93. The summed E-state index contributed by atoms with van der Waals surface area (Å²) in [5, 5.41) is 0. The van der Waals surface area contributed by atoms with E-state index in [-0.39, 0.29) is 0 Å². The third-order valence-electron chi connectivity index (χ3n) is 0.547. The molecule has 0 aliphatic heterocycles. The summed E-state index contributed by atoms with van der Waals surface area (Å²) in [6, 6.07) is 0. The highest BCUT2D eigenvalue weighted by atomic mass is 35.5. The Hall–Kier alpha value is 1.40. The van der Waals surface area contributed by atoms with E-state index in [1.54, 1.807) is 6.92 Å². The summed E-state index contributed by atoms with van der Waals surface area (Å²) in [6.07, 6.45) is 1.15. The zero-order valence-electron chi connectivity index (χ0n) is 5.46. The van der Waals surface area contributed by atoms with Crippen LogP contribution in [0, 0.1) is 0 Å². The van der Waals surface area contributed by atoms with Crippen LogP contribution in [0.4, 0.5) is 0 Å². The Labute approximate surface area is 69.9 Å². The normalized spacial score (nSPS) is 14.7. The first-order valence-corrected chi connectivity index (χ1v) is 5.65. The van der Waals surface area contributed by atoms with E-state index in [9.17, 15) is 0 Å². The lowest BCUT2D eigenvalue weighted by Gasteiger charge is -2.12. The molecule has 0 aromatic heterocycles. The third-order valence-corrected chi connectivity index (χ3v) is 3.11. The van der Waals surface area contributed by atoms with Crippen molar-refractivity contribution in [3.63, 3.8) is 0 Å². The van der Waals surface area contributed by atoms with E-state index in [4.69, 9.17) is 23.2 Å². The third kappa shape index (κ3) is 9.40. The van der Waals surface area contributed by atoms with E-state index in [2.05, 4.69) is 11.8 Å². The number of rotatable bonds is 4. The van der Waals surface area contributed by atoms with Gasteiger partial charge in [0.2, 0.25) is 0 Å². The predicted molar refractivity (Wildman–Crippen MR) is 50.4 cm³/mol. The Morgan fingerprint density at radius 2 is 2.11 bits per heavy atom. The van der Waals surface area contributed by atoms with Gasteiger partial charge in [-0.3, -0.25) is 4.86 Å². The lowest BCUT2D eigenvalue weighted by Crippen LogP contribution is -2.01. The quantitative estimate of drug-likeness (QED) is 0.423. The highest BCUT2D eigenvalue weighted by Gasteiger charge is 2.14. The number of nitrogens with one attached hydrogen (secondary N) is 1. The molecule has 0 rings (SSSR count). The number of alkyl halides is 2. The van der Waals surface area contributed by atoms with Crippen LogP contribution < -0.4 is 4.86 Å². The van der Waals surface area contributed by atoms with Gasteiger partial charge in [-0.05, 0) is 21.8 Å². The van der Waals surface area contributed by atoms with Crippen molar-refractivity contribution in [3.8, 4) is 0 Å². The number of hydrogen-bond donors (Lipinski definition) is 1. The van der Waals surface area contributed by atoms with Crippen LogP contribution in [-0.4, -0.2) is 10.2 Å². The molecule has 56 valence electrons. The smallest absolute Gasteiger partial charge is 0.144 e. The summed E-state index contributed by atoms with van der Waals surface area (Å²) in [4.78, 5) is 3.17. The summed E-state index contributed by atoms with van der Waals surface area (Å²) in [7, 11) is 1.22. The first-order valence-electron chi connectivity index (χ1n) is 2.69. The maximum atomic E-state index is 5.69. The second-order valence-electron chi connectivity index (χ2n) is 1.67. The Morgan fingerprint density at radius 1 is 1.56 bits per heavy atom. The summed E-state index contributed by atoms with van der Waals surface area (Å²) in [6.45, 7) is 3.91. The molecular formula is C4H11Cl2NP2. The maximum absolute atomic E-state index is 5.69. The molecule has 5 heteroatoms. The zero-order valence-corrected chi connectivity index (χ0v) is 8.97. The topological polar surface area (TPSA) is 12.0 Å². The van der Waals surface area contributed by atoms with Gasteiger partial charge in [0.05, 0.1) is 0 Å². The first kappa shape index (κ1) is 10.4. The van der Waals surface area contributed by atoms with Crippen LogP contribution in [0.25, 0.3) is 0 Å². The van der Waals surface area contributed by atoms with Gasteiger partial charge in [-0.1, -0.05) is 38.9 Å². The Balaban J connectivity index is 3.07. The van der Waals surface area contributed by atoms with Crippen molar-refractivity contribution in [1.29, 1.82) is 0 Å². The van der Waals surface area contributed by atoms with Gasteiger partial charge in [-0.2, -0.15) is 0 Å². The number of hydrogen-bond acceptors (Lipinski definition) is 1. The van der Waals surface area contributed by atoms with E-state index < -0.39 is 4.07 Å². The van der Waals surface area contributed by atoms with E-state index in [1.807, 2.05) is 0 Å². The maximum Gasteiger partial charge on any atom is 0.144 e. The highest BCUT2D eigenvalue weighted by Crippen LogP contribution is 2.38. The van der Waals surface area contributed by atoms with Gasteiger partial charge in [-0.15, -0.1) is 0 Å². The van der Waals surface area contributed by atoms with Gasteiger partial charge in [0, 0.05) is 0 Å². The van der Waals surface area contributed by atoms with Crippen molar-refractivity contribution < 1.29 is 0 Å². The Kier molecular flexibility index (Phi) is 5.90. The summed E-state index contributed by atoms with van der Waals surface area (Å²) >= 11 is 11.4. The summed E-state index contributed by atoms with van der Waals surface area (Å²) in [5.41, 5.74) is 0. The SMILES string of the molecule is CCPNPC(C)(Cl)Cl. The molecule has 0 fully saturated rings. The molecule has 0 saturated heterocycles. The molecule has 0 aliphatic rings. The molecule has 2 atom stereocenters. The molecule has 0 saturated carbocycles. The first-order chi connectivity index (χ1) is 4.06. The largest absolute Gasteiger partial charge is 0.276 e. The van der Waals surface area contributed by atoms with Crippen LogP contribution >= 0.6 is 40.7 Å². The van der Waals surface area contributed by atoms with Crippen molar-refractivity contribution in [2.24, 2.45) is 0 Å². The minimum atomic E-state index is -0.581. The van der Waals surface area contributed by atoms with Gasteiger partial charge < -0.3 is 0 Å². The van der Waals surface area contributed by atoms with Gasteiger partial charge in [0.25, 0.3) is 0 Å². The van der Waals surface area contributed by atoms with Gasteiger partial charge >= 0.3 is 0 Å². The molecule has 1 N–H and O–H groups in total. The molecule has 0 amide bonds. The molecule has 0 heterocycles. The average molecular weight is 206 g/mol. The van der Waals surface area contributed by atoms with E-state index in [1.165, 1.54) is 0 Å². The lowest BCUT2D eigenvalue weighted by atomic mass is 10.9. The molecule has 0 bridgehead atoms. The van der Waals surface area contributed by atoms with Gasteiger partial charge in [0.1, 0.15) is 4.07 Å². The van der Waals surface area contributed by atoms with E-state index >= 15 is 0 Å².